The molecular weight excluding hydrogens is 262 g/mol. The van der Waals surface area contributed by atoms with Gasteiger partial charge in [0, 0.05) is 0 Å². The Kier molecular flexibility index (Phi) is 2.74. The number of sulfone groups is 1. The second-order valence-electron chi connectivity index (χ2n) is 4.51. The zero-order chi connectivity index (χ0) is 13.7. The van der Waals surface area contributed by atoms with Crippen LogP contribution in [0.1, 0.15) is 13.3 Å². The molecule has 7 nitrogen and oxygen atoms in total. The number of hydrogen-bond donors (Lipinski definition) is 2. The van der Waals surface area contributed by atoms with Gasteiger partial charge in [-0.15, -0.1) is 0 Å². The number of carboxylic acids is 1. The highest BCUT2D eigenvalue weighted by Gasteiger charge is 2.68. The van der Waals surface area contributed by atoms with Crippen LogP contribution in [0.5, 0.6) is 0 Å². The van der Waals surface area contributed by atoms with Crippen LogP contribution >= 0.6 is 0 Å². The number of hydrogen-bond acceptors (Lipinski definition) is 5. The highest BCUT2D eigenvalue weighted by Crippen LogP contribution is 2.46. The largest absolute Gasteiger partial charge is 0.480 e. The molecule has 100 valence electrons. The second-order valence-corrected chi connectivity index (χ2v) is 7.03. The molecular formula is C10H13NO6S. The number of carbonyl (C=O) groups excluding carboxylic acids is 1. The average molecular weight is 275 g/mol. The Hall–Kier alpha value is -1.41. The fourth-order valence-electron chi connectivity index (χ4n) is 2.53. The number of carboxylic acid groups (broad SMARTS) is 1. The molecule has 2 fully saturated rings. The number of carbonyl (C=O) groups is 2. The minimum absolute atomic E-state index is 0.172. The van der Waals surface area contributed by atoms with E-state index in [9.17, 15) is 18.0 Å². The number of aliphatic hydroxyl groups is 1. The van der Waals surface area contributed by atoms with Crippen LogP contribution in [0.2, 0.25) is 0 Å². The van der Waals surface area contributed by atoms with Gasteiger partial charge in [0.2, 0.25) is 5.91 Å². The van der Waals surface area contributed by atoms with Gasteiger partial charge in [0.15, 0.2) is 15.9 Å². The van der Waals surface area contributed by atoms with Gasteiger partial charge in [-0.3, -0.25) is 4.79 Å². The number of aliphatic carboxylic acids is 1. The predicted octanol–water partition coefficient (Wildman–Crippen LogP) is -1.27. The summed E-state index contributed by atoms with van der Waals surface area (Å²) >= 11 is 0. The van der Waals surface area contributed by atoms with Crippen molar-refractivity contribution < 1.29 is 28.2 Å². The van der Waals surface area contributed by atoms with E-state index < -0.39 is 44.5 Å². The Morgan fingerprint density at radius 3 is 2.67 bits per heavy atom. The summed E-state index contributed by atoms with van der Waals surface area (Å²) in [5.41, 5.74) is 0. The van der Waals surface area contributed by atoms with E-state index in [4.69, 9.17) is 10.2 Å². The third-order valence-electron chi connectivity index (χ3n) is 3.53. The number of aliphatic hydroxyl groups excluding tert-OH is 1. The smallest absolute Gasteiger partial charge is 0.328 e. The third kappa shape index (κ3) is 1.36. The van der Waals surface area contributed by atoms with Crippen LogP contribution < -0.4 is 0 Å². The molecule has 0 saturated carbocycles. The first-order valence-corrected chi connectivity index (χ1v) is 6.88. The molecule has 0 unspecified atom stereocenters. The maximum Gasteiger partial charge on any atom is 0.328 e. The number of amides is 1. The van der Waals surface area contributed by atoms with Crippen LogP contribution in [-0.4, -0.2) is 58.2 Å². The number of rotatable bonds is 3. The van der Waals surface area contributed by atoms with Crippen LogP contribution in [0.25, 0.3) is 0 Å². The fourth-order valence-corrected chi connectivity index (χ4v) is 4.83. The van der Waals surface area contributed by atoms with Crippen molar-refractivity contribution in [3.05, 3.63) is 12.2 Å². The summed E-state index contributed by atoms with van der Waals surface area (Å²) in [5.74, 6) is -1.84. The van der Waals surface area contributed by atoms with Crippen molar-refractivity contribution in [2.75, 3.05) is 6.61 Å². The van der Waals surface area contributed by atoms with E-state index in [0.717, 1.165) is 11.0 Å². The number of β-lactam (4-membered cyclic amide) rings is 1. The van der Waals surface area contributed by atoms with Crippen molar-refractivity contribution in [1.82, 2.24) is 4.90 Å². The Morgan fingerprint density at radius 2 is 2.22 bits per heavy atom. The van der Waals surface area contributed by atoms with Gasteiger partial charge in [0.1, 0.15) is 10.1 Å². The molecule has 0 aliphatic carbocycles. The normalized spacial score (nSPS) is 37.7. The summed E-state index contributed by atoms with van der Waals surface area (Å²) in [5, 5.41) is 16.8. The Bertz CT molecular complexity index is 539. The molecule has 2 aliphatic heterocycles. The maximum atomic E-state index is 12.3. The molecule has 0 aromatic carbocycles. The van der Waals surface area contributed by atoms with Crippen LogP contribution in [0.3, 0.4) is 0 Å². The van der Waals surface area contributed by atoms with Gasteiger partial charge in [-0.05, 0) is 6.92 Å². The van der Waals surface area contributed by atoms with Crippen molar-refractivity contribution in [2.45, 2.75) is 29.5 Å². The summed E-state index contributed by atoms with van der Waals surface area (Å²) in [6.07, 6.45) is 2.17. The molecule has 2 aliphatic rings. The van der Waals surface area contributed by atoms with E-state index in [-0.39, 0.29) is 6.42 Å². The second kappa shape index (κ2) is 3.79. The average Bonchev–Trinajstić information content (AvgIpc) is 2.41. The lowest BCUT2D eigenvalue weighted by Crippen LogP contribution is -2.57. The van der Waals surface area contributed by atoms with Crippen LogP contribution in [0.4, 0.5) is 0 Å². The topological polar surface area (TPSA) is 112 Å². The lowest BCUT2D eigenvalue weighted by molar-refractivity contribution is -0.157. The van der Waals surface area contributed by atoms with Crippen molar-refractivity contribution in [2.24, 2.45) is 0 Å². The lowest BCUT2D eigenvalue weighted by atomic mass is 9.96. The summed E-state index contributed by atoms with van der Waals surface area (Å²) < 4.78 is 22.8. The summed E-state index contributed by atoms with van der Waals surface area (Å²) in [6, 6.07) is -1.43. The van der Waals surface area contributed by atoms with Crippen molar-refractivity contribution in [3.8, 4) is 0 Å². The van der Waals surface area contributed by atoms with Crippen LogP contribution in [0.15, 0.2) is 12.2 Å². The van der Waals surface area contributed by atoms with E-state index in [0.29, 0.717) is 0 Å². The lowest BCUT2D eigenvalue weighted by Gasteiger charge is -2.35. The number of fused-ring (bicyclic) bond motifs is 1. The van der Waals surface area contributed by atoms with Crippen LogP contribution in [0, 0.1) is 0 Å². The SMILES string of the molecule is C[C@]1(/C=C/CO)[C@H](C(=O)O)N2C(=O)C[C@H]2S1(=O)=O. The van der Waals surface area contributed by atoms with E-state index >= 15 is 0 Å². The molecule has 0 radical (unpaired) electrons. The third-order valence-corrected chi connectivity index (χ3v) is 6.22. The van der Waals surface area contributed by atoms with Gasteiger partial charge in [0.25, 0.3) is 0 Å². The van der Waals surface area contributed by atoms with Crippen LogP contribution in [-0.2, 0) is 19.4 Å². The summed E-state index contributed by atoms with van der Waals surface area (Å²) in [4.78, 5) is 23.6. The molecule has 1 amide bonds. The van der Waals surface area contributed by atoms with Gasteiger partial charge in [-0.1, -0.05) is 12.2 Å². The summed E-state index contributed by atoms with van der Waals surface area (Å²) in [6.45, 7) is 0.870. The molecule has 0 spiro atoms. The molecule has 0 bridgehead atoms. The maximum absolute atomic E-state index is 12.3. The van der Waals surface area contributed by atoms with Gasteiger partial charge in [0.05, 0.1) is 13.0 Å². The monoisotopic (exact) mass is 275 g/mol. The quantitative estimate of drug-likeness (QED) is 0.491. The minimum atomic E-state index is -3.80. The van der Waals surface area contributed by atoms with Gasteiger partial charge in [-0.2, -0.15) is 0 Å². The highest BCUT2D eigenvalue weighted by molar-refractivity contribution is 7.94. The molecule has 0 aromatic rings. The fraction of sp³-hybridized carbons (Fsp3) is 0.600. The Labute approximate surface area is 104 Å². The van der Waals surface area contributed by atoms with E-state index in [1.54, 1.807) is 0 Å². The Morgan fingerprint density at radius 1 is 1.61 bits per heavy atom. The van der Waals surface area contributed by atoms with E-state index in [1.165, 1.54) is 13.0 Å². The molecule has 2 saturated heterocycles. The first-order chi connectivity index (χ1) is 8.27. The molecule has 8 heteroatoms. The molecule has 2 heterocycles. The van der Waals surface area contributed by atoms with Gasteiger partial charge < -0.3 is 15.1 Å². The van der Waals surface area contributed by atoms with E-state index in [1.807, 2.05) is 0 Å². The molecule has 2 rings (SSSR count). The number of nitrogens with zero attached hydrogens (tertiary/aromatic N) is 1. The predicted molar refractivity (Wildman–Crippen MR) is 60.2 cm³/mol. The first kappa shape index (κ1) is 13.0. The zero-order valence-electron chi connectivity index (χ0n) is 9.61. The first-order valence-electron chi connectivity index (χ1n) is 5.33. The van der Waals surface area contributed by atoms with Crippen molar-refractivity contribution in [3.63, 3.8) is 0 Å². The van der Waals surface area contributed by atoms with E-state index in [2.05, 4.69) is 0 Å². The Balaban J connectivity index is 2.57. The zero-order valence-corrected chi connectivity index (χ0v) is 10.4. The van der Waals surface area contributed by atoms with Gasteiger partial charge >= 0.3 is 5.97 Å². The van der Waals surface area contributed by atoms with Gasteiger partial charge in [-0.25, -0.2) is 13.2 Å². The molecule has 2 N–H and O–H groups in total. The molecule has 0 aromatic heterocycles. The molecule has 18 heavy (non-hydrogen) atoms. The molecule has 3 atom stereocenters. The summed E-state index contributed by atoms with van der Waals surface area (Å²) in [7, 11) is -3.80. The standard InChI is InChI=1S/C10H13NO6S/c1-10(3-2-4-12)8(9(14)15)11-6(13)5-7(11)18(10,16)17/h2-3,7-8,12H,4-5H2,1H3,(H,14,15)/b3-2+/t7-,8+,10+/m1/s1. The minimum Gasteiger partial charge on any atom is -0.480 e. The van der Waals surface area contributed by atoms with Crippen molar-refractivity contribution in [1.29, 1.82) is 0 Å². The van der Waals surface area contributed by atoms with Crippen molar-refractivity contribution >= 4 is 21.7 Å². The highest BCUT2D eigenvalue weighted by atomic mass is 32.2.